The number of hydrogen-bond acceptors (Lipinski definition) is 3. The molecule has 0 aromatic carbocycles. The van der Waals surface area contributed by atoms with Gasteiger partial charge in [0.15, 0.2) is 0 Å². The molecule has 1 fully saturated rings. The number of nitrogens with zero attached hydrogens (tertiary/aromatic N) is 1. The molecule has 2 rings (SSSR count). The summed E-state index contributed by atoms with van der Waals surface area (Å²) in [6, 6.07) is 3.12. The van der Waals surface area contributed by atoms with Crippen LogP contribution in [0.5, 0.6) is 0 Å². The van der Waals surface area contributed by atoms with E-state index in [1.165, 1.54) is 6.07 Å². The van der Waals surface area contributed by atoms with Crippen molar-refractivity contribution in [2.24, 2.45) is 5.73 Å². The van der Waals surface area contributed by atoms with E-state index < -0.39 is 5.54 Å². The summed E-state index contributed by atoms with van der Waals surface area (Å²) in [5, 5.41) is 2.85. The first-order valence-electron chi connectivity index (χ1n) is 7.36. The van der Waals surface area contributed by atoms with Gasteiger partial charge in [0.05, 0.1) is 11.2 Å². The minimum Gasteiger partial charge on any atom is -0.323 e. The van der Waals surface area contributed by atoms with Crippen LogP contribution in [0.25, 0.3) is 0 Å². The molecule has 0 saturated heterocycles. The smallest absolute Gasteiger partial charge is 0.250 e. The number of carbonyl (C=O) groups is 1. The van der Waals surface area contributed by atoms with E-state index in [1.807, 2.05) is 6.92 Å². The number of rotatable bonds is 4. The summed E-state index contributed by atoms with van der Waals surface area (Å²) in [5.41, 5.74) is 6.02. The summed E-state index contributed by atoms with van der Waals surface area (Å²) in [5.74, 6) is -0.140. The Morgan fingerprint density at radius 2 is 2.05 bits per heavy atom. The third kappa shape index (κ3) is 3.28. The van der Waals surface area contributed by atoms with Crippen LogP contribution in [0.3, 0.4) is 0 Å². The summed E-state index contributed by atoms with van der Waals surface area (Å²) < 4.78 is 1.61. The molecular weight excluding hydrogens is 254 g/mol. The van der Waals surface area contributed by atoms with E-state index in [2.05, 4.69) is 5.32 Å². The first kappa shape index (κ1) is 14.8. The minimum atomic E-state index is -0.760. The lowest BCUT2D eigenvalue weighted by molar-refractivity contribution is -0.122. The van der Waals surface area contributed by atoms with Gasteiger partial charge in [-0.3, -0.25) is 9.59 Å². The highest BCUT2D eigenvalue weighted by molar-refractivity contribution is 5.97. The number of aryl methyl sites for hydroxylation is 1. The molecule has 5 heteroatoms. The third-order valence-corrected chi connectivity index (χ3v) is 3.90. The van der Waals surface area contributed by atoms with E-state index >= 15 is 0 Å². The van der Waals surface area contributed by atoms with E-state index in [-0.39, 0.29) is 11.5 Å². The maximum absolute atomic E-state index is 12.3. The zero-order valence-electron chi connectivity index (χ0n) is 12.0. The largest absolute Gasteiger partial charge is 0.323 e. The lowest BCUT2D eigenvalue weighted by atomic mass is 9.82. The third-order valence-electron chi connectivity index (χ3n) is 3.90. The first-order valence-corrected chi connectivity index (χ1v) is 7.36. The maximum atomic E-state index is 12.3. The molecule has 1 amide bonds. The summed E-state index contributed by atoms with van der Waals surface area (Å²) in [6.07, 6.45) is 7.17. The topological polar surface area (TPSA) is 77.1 Å². The van der Waals surface area contributed by atoms with Crippen molar-refractivity contribution in [1.82, 2.24) is 4.57 Å². The number of nitrogens with two attached hydrogens (primary N) is 1. The SMILES string of the molecule is CCCn1cc(NC(=O)C2(N)CCCCC2)ccc1=O. The molecule has 20 heavy (non-hydrogen) atoms. The molecule has 0 radical (unpaired) electrons. The molecule has 1 aliphatic carbocycles. The van der Waals surface area contributed by atoms with E-state index in [9.17, 15) is 9.59 Å². The van der Waals surface area contributed by atoms with Crippen LogP contribution in [-0.4, -0.2) is 16.0 Å². The van der Waals surface area contributed by atoms with Crippen LogP contribution in [0.1, 0.15) is 45.4 Å². The van der Waals surface area contributed by atoms with Gasteiger partial charge in [0.25, 0.3) is 5.56 Å². The van der Waals surface area contributed by atoms with E-state index in [1.54, 1.807) is 16.8 Å². The van der Waals surface area contributed by atoms with Crippen LogP contribution >= 0.6 is 0 Å². The van der Waals surface area contributed by atoms with Crippen molar-refractivity contribution in [3.8, 4) is 0 Å². The Balaban J connectivity index is 2.11. The van der Waals surface area contributed by atoms with Gasteiger partial charge >= 0.3 is 0 Å². The number of amides is 1. The van der Waals surface area contributed by atoms with E-state index in [0.717, 1.165) is 38.5 Å². The molecule has 0 bridgehead atoms. The highest BCUT2D eigenvalue weighted by Crippen LogP contribution is 2.27. The fourth-order valence-corrected chi connectivity index (χ4v) is 2.69. The number of anilines is 1. The van der Waals surface area contributed by atoms with Gasteiger partial charge in [-0.1, -0.05) is 26.2 Å². The summed E-state index contributed by atoms with van der Waals surface area (Å²) in [4.78, 5) is 24.0. The van der Waals surface area contributed by atoms with Crippen molar-refractivity contribution >= 4 is 11.6 Å². The Kier molecular flexibility index (Phi) is 4.60. The van der Waals surface area contributed by atoms with Gasteiger partial charge in [-0.2, -0.15) is 0 Å². The molecule has 0 unspecified atom stereocenters. The molecule has 1 aromatic rings. The van der Waals surface area contributed by atoms with Gasteiger partial charge < -0.3 is 15.6 Å². The fourth-order valence-electron chi connectivity index (χ4n) is 2.69. The quantitative estimate of drug-likeness (QED) is 0.882. The van der Waals surface area contributed by atoms with Crippen molar-refractivity contribution in [3.63, 3.8) is 0 Å². The van der Waals surface area contributed by atoms with Gasteiger partial charge in [-0.15, -0.1) is 0 Å². The lowest BCUT2D eigenvalue weighted by Gasteiger charge is -2.31. The lowest BCUT2D eigenvalue weighted by Crippen LogP contribution is -2.52. The van der Waals surface area contributed by atoms with Crippen LogP contribution in [-0.2, 0) is 11.3 Å². The van der Waals surface area contributed by atoms with Crippen LogP contribution in [0.15, 0.2) is 23.1 Å². The summed E-state index contributed by atoms with van der Waals surface area (Å²) in [6.45, 7) is 2.66. The Hall–Kier alpha value is -1.62. The number of aromatic nitrogens is 1. The molecule has 1 saturated carbocycles. The molecule has 1 aromatic heterocycles. The molecule has 1 aliphatic rings. The second kappa shape index (κ2) is 6.22. The Morgan fingerprint density at radius 3 is 2.70 bits per heavy atom. The van der Waals surface area contributed by atoms with Crippen molar-refractivity contribution in [2.75, 3.05) is 5.32 Å². The second-order valence-electron chi connectivity index (χ2n) is 5.62. The number of pyridine rings is 1. The van der Waals surface area contributed by atoms with Crippen molar-refractivity contribution in [1.29, 1.82) is 0 Å². The summed E-state index contributed by atoms with van der Waals surface area (Å²) >= 11 is 0. The van der Waals surface area contributed by atoms with E-state index in [0.29, 0.717) is 12.2 Å². The molecule has 0 aliphatic heterocycles. The molecule has 0 spiro atoms. The van der Waals surface area contributed by atoms with Crippen molar-refractivity contribution in [3.05, 3.63) is 28.7 Å². The zero-order chi connectivity index (χ0) is 14.6. The van der Waals surface area contributed by atoms with Gasteiger partial charge in [0, 0.05) is 18.8 Å². The van der Waals surface area contributed by atoms with Crippen LogP contribution in [0, 0.1) is 0 Å². The highest BCUT2D eigenvalue weighted by atomic mass is 16.2. The minimum absolute atomic E-state index is 0.0509. The number of hydrogen-bond donors (Lipinski definition) is 2. The molecule has 5 nitrogen and oxygen atoms in total. The van der Waals surface area contributed by atoms with Gasteiger partial charge in [0.1, 0.15) is 0 Å². The monoisotopic (exact) mass is 277 g/mol. The van der Waals surface area contributed by atoms with Crippen molar-refractivity contribution < 1.29 is 4.79 Å². The zero-order valence-corrected chi connectivity index (χ0v) is 12.0. The Bertz CT molecular complexity index is 530. The number of nitrogens with one attached hydrogen (secondary N) is 1. The van der Waals surface area contributed by atoms with E-state index in [4.69, 9.17) is 5.73 Å². The first-order chi connectivity index (χ1) is 9.55. The molecule has 3 N–H and O–H groups in total. The standard InChI is InChI=1S/C15H23N3O2/c1-2-10-18-11-12(6-7-13(18)19)17-14(20)15(16)8-4-3-5-9-15/h6-7,11H,2-5,8-10,16H2,1H3,(H,17,20). The predicted molar refractivity (Wildman–Crippen MR) is 79.6 cm³/mol. The molecular formula is C15H23N3O2. The maximum Gasteiger partial charge on any atom is 0.250 e. The molecule has 1 heterocycles. The van der Waals surface area contributed by atoms with Gasteiger partial charge in [-0.05, 0) is 25.3 Å². The van der Waals surface area contributed by atoms with Gasteiger partial charge in [-0.25, -0.2) is 0 Å². The second-order valence-corrected chi connectivity index (χ2v) is 5.62. The van der Waals surface area contributed by atoms with Crippen LogP contribution in [0.2, 0.25) is 0 Å². The predicted octanol–water partition coefficient (Wildman–Crippen LogP) is 1.86. The van der Waals surface area contributed by atoms with Crippen LogP contribution in [0.4, 0.5) is 5.69 Å². The fraction of sp³-hybridized carbons (Fsp3) is 0.600. The van der Waals surface area contributed by atoms with Gasteiger partial charge in [0.2, 0.25) is 5.91 Å². The molecule has 0 atom stereocenters. The number of carbonyl (C=O) groups excluding carboxylic acids is 1. The Morgan fingerprint density at radius 1 is 1.35 bits per heavy atom. The Labute approximate surface area is 119 Å². The van der Waals surface area contributed by atoms with Crippen LogP contribution < -0.4 is 16.6 Å². The van der Waals surface area contributed by atoms with Crippen molar-refractivity contribution in [2.45, 2.75) is 57.5 Å². The average molecular weight is 277 g/mol. The normalized spacial score (nSPS) is 17.7. The molecule has 110 valence electrons. The summed E-state index contributed by atoms with van der Waals surface area (Å²) in [7, 11) is 0. The average Bonchev–Trinajstić information content (AvgIpc) is 2.43. The highest BCUT2D eigenvalue weighted by Gasteiger charge is 2.35.